The standard InChI is InChI=1S/C18H19Cl2N3O2/c1-11(14-9-8-13(19)10-15(14)20)22-16(12-6-4-3-5-7-12)17(24)23-18(25)21-2/h3-11,16,22H,1-2H3,(H2,21,23,24,25)/t11-,16+/m0/s1. The number of urea groups is 1. The van der Waals surface area contributed by atoms with E-state index < -0.39 is 18.0 Å². The van der Waals surface area contributed by atoms with Gasteiger partial charge in [-0.1, -0.05) is 59.6 Å². The van der Waals surface area contributed by atoms with E-state index in [0.29, 0.717) is 10.0 Å². The van der Waals surface area contributed by atoms with Crippen LogP contribution in [0.4, 0.5) is 4.79 Å². The van der Waals surface area contributed by atoms with Gasteiger partial charge in [-0.15, -0.1) is 0 Å². The number of nitrogens with one attached hydrogen (secondary N) is 3. The molecule has 0 aliphatic heterocycles. The van der Waals surface area contributed by atoms with Crippen molar-refractivity contribution in [3.63, 3.8) is 0 Å². The van der Waals surface area contributed by atoms with E-state index in [1.54, 1.807) is 18.2 Å². The molecule has 2 aromatic rings. The number of amides is 3. The number of carbonyl (C=O) groups is 2. The summed E-state index contributed by atoms with van der Waals surface area (Å²) in [5, 5.41) is 8.94. The summed E-state index contributed by atoms with van der Waals surface area (Å²) < 4.78 is 0. The van der Waals surface area contributed by atoms with Crippen LogP contribution in [0.5, 0.6) is 0 Å². The van der Waals surface area contributed by atoms with Gasteiger partial charge in [0.15, 0.2) is 0 Å². The average molecular weight is 380 g/mol. The Balaban J connectivity index is 2.26. The molecule has 0 aliphatic rings. The lowest BCUT2D eigenvalue weighted by atomic mass is 10.0. The summed E-state index contributed by atoms with van der Waals surface area (Å²) in [6.07, 6.45) is 0. The van der Waals surface area contributed by atoms with Crippen LogP contribution >= 0.6 is 23.2 Å². The molecule has 0 bridgehead atoms. The molecule has 7 heteroatoms. The number of carbonyl (C=O) groups excluding carboxylic acids is 2. The molecule has 0 fully saturated rings. The first kappa shape index (κ1) is 19.2. The number of hydrogen-bond acceptors (Lipinski definition) is 3. The van der Waals surface area contributed by atoms with E-state index in [4.69, 9.17) is 23.2 Å². The van der Waals surface area contributed by atoms with Crippen LogP contribution in [0.3, 0.4) is 0 Å². The van der Waals surface area contributed by atoms with Crippen LogP contribution in [0.2, 0.25) is 10.0 Å². The van der Waals surface area contributed by atoms with Gasteiger partial charge < -0.3 is 5.32 Å². The van der Waals surface area contributed by atoms with Crippen LogP contribution in [0, 0.1) is 0 Å². The van der Waals surface area contributed by atoms with Gasteiger partial charge in [-0.05, 0) is 30.2 Å². The lowest BCUT2D eigenvalue weighted by molar-refractivity contribution is -0.122. The smallest absolute Gasteiger partial charge is 0.321 e. The first-order valence-electron chi connectivity index (χ1n) is 7.71. The van der Waals surface area contributed by atoms with Gasteiger partial charge in [0.05, 0.1) is 0 Å². The Kier molecular flexibility index (Phi) is 6.82. The summed E-state index contributed by atoms with van der Waals surface area (Å²) in [5.41, 5.74) is 1.54. The van der Waals surface area contributed by atoms with Gasteiger partial charge in [-0.3, -0.25) is 15.4 Å². The maximum atomic E-state index is 12.5. The van der Waals surface area contributed by atoms with Gasteiger partial charge in [-0.25, -0.2) is 4.79 Å². The predicted octanol–water partition coefficient (Wildman–Crippen LogP) is 3.84. The molecule has 0 aliphatic carbocycles. The molecular weight excluding hydrogens is 361 g/mol. The minimum atomic E-state index is -0.722. The number of hydrogen-bond donors (Lipinski definition) is 3. The molecule has 2 rings (SSSR count). The molecule has 0 unspecified atom stereocenters. The lowest BCUT2D eigenvalue weighted by Gasteiger charge is -2.24. The number of halogens is 2. The zero-order chi connectivity index (χ0) is 18.4. The summed E-state index contributed by atoms with van der Waals surface area (Å²) in [6.45, 7) is 1.89. The van der Waals surface area contributed by atoms with E-state index in [-0.39, 0.29) is 6.04 Å². The summed E-state index contributed by atoms with van der Waals surface area (Å²) in [5.74, 6) is -0.456. The van der Waals surface area contributed by atoms with Crippen molar-refractivity contribution in [3.05, 3.63) is 69.7 Å². The van der Waals surface area contributed by atoms with Gasteiger partial charge >= 0.3 is 6.03 Å². The van der Waals surface area contributed by atoms with E-state index in [0.717, 1.165) is 11.1 Å². The van der Waals surface area contributed by atoms with Crippen LogP contribution in [0.25, 0.3) is 0 Å². The Hall–Kier alpha value is -2.08. The van der Waals surface area contributed by atoms with Crippen LogP contribution in [-0.2, 0) is 4.79 Å². The van der Waals surface area contributed by atoms with Crippen molar-refractivity contribution in [2.24, 2.45) is 0 Å². The molecule has 132 valence electrons. The first-order valence-corrected chi connectivity index (χ1v) is 8.46. The van der Waals surface area contributed by atoms with Gasteiger partial charge in [-0.2, -0.15) is 0 Å². The van der Waals surface area contributed by atoms with E-state index in [1.165, 1.54) is 7.05 Å². The van der Waals surface area contributed by atoms with Crippen LogP contribution < -0.4 is 16.0 Å². The molecule has 0 heterocycles. The largest absolute Gasteiger partial charge is 0.341 e. The van der Waals surface area contributed by atoms with Gasteiger partial charge in [0.25, 0.3) is 0 Å². The highest BCUT2D eigenvalue weighted by Crippen LogP contribution is 2.28. The maximum absolute atomic E-state index is 12.5. The average Bonchev–Trinajstić information content (AvgIpc) is 2.59. The highest BCUT2D eigenvalue weighted by Gasteiger charge is 2.24. The quantitative estimate of drug-likeness (QED) is 0.738. The molecule has 25 heavy (non-hydrogen) atoms. The van der Waals surface area contributed by atoms with Crippen molar-refractivity contribution >= 4 is 35.1 Å². The van der Waals surface area contributed by atoms with Crippen LogP contribution in [0.15, 0.2) is 48.5 Å². The fourth-order valence-corrected chi connectivity index (χ4v) is 2.98. The highest BCUT2D eigenvalue weighted by atomic mass is 35.5. The normalized spacial score (nSPS) is 13.0. The van der Waals surface area contributed by atoms with Crippen molar-refractivity contribution in [1.29, 1.82) is 0 Å². The van der Waals surface area contributed by atoms with Crippen LogP contribution in [0.1, 0.15) is 30.1 Å². The summed E-state index contributed by atoms with van der Waals surface area (Å²) in [4.78, 5) is 24.0. The third kappa shape index (κ3) is 5.19. The number of rotatable bonds is 5. The maximum Gasteiger partial charge on any atom is 0.321 e. The molecule has 0 saturated heterocycles. The fraction of sp³-hybridized carbons (Fsp3) is 0.222. The van der Waals surface area contributed by atoms with Crippen molar-refractivity contribution in [3.8, 4) is 0 Å². The molecule has 3 amide bonds. The molecule has 0 spiro atoms. The molecule has 0 radical (unpaired) electrons. The molecule has 5 nitrogen and oxygen atoms in total. The van der Waals surface area contributed by atoms with Crippen molar-refractivity contribution in [1.82, 2.24) is 16.0 Å². The van der Waals surface area contributed by atoms with E-state index in [2.05, 4.69) is 16.0 Å². The van der Waals surface area contributed by atoms with Crippen LogP contribution in [-0.4, -0.2) is 19.0 Å². The lowest BCUT2D eigenvalue weighted by Crippen LogP contribution is -2.44. The Morgan fingerprint density at radius 1 is 1.04 bits per heavy atom. The van der Waals surface area contributed by atoms with Gasteiger partial charge in [0.1, 0.15) is 6.04 Å². The minimum Gasteiger partial charge on any atom is -0.341 e. The zero-order valence-corrected chi connectivity index (χ0v) is 15.4. The third-order valence-electron chi connectivity index (χ3n) is 3.70. The zero-order valence-electron chi connectivity index (χ0n) is 13.8. The summed E-state index contributed by atoms with van der Waals surface area (Å²) in [6, 6.07) is 12.8. The Morgan fingerprint density at radius 2 is 1.72 bits per heavy atom. The summed E-state index contributed by atoms with van der Waals surface area (Å²) >= 11 is 12.2. The van der Waals surface area contributed by atoms with Gasteiger partial charge in [0, 0.05) is 23.1 Å². The Morgan fingerprint density at radius 3 is 2.32 bits per heavy atom. The molecule has 0 aromatic heterocycles. The Labute approximate surface area is 156 Å². The minimum absolute atomic E-state index is 0.245. The van der Waals surface area contributed by atoms with Crippen molar-refractivity contribution < 1.29 is 9.59 Å². The molecule has 0 saturated carbocycles. The molecule has 2 atom stereocenters. The second-order valence-corrected chi connectivity index (χ2v) is 6.31. The monoisotopic (exact) mass is 379 g/mol. The second-order valence-electron chi connectivity index (χ2n) is 5.47. The number of imide groups is 1. The summed E-state index contributed by atoms with van der Waals surface area (Å²) in [7, 11) is 1.45. The first-order chi connectivity index (χ1) is 11.9. The SMILES string of the molecule is CNC(=O)NC(=O)[C@H](N[C@@H](C)c1ccc(Cl)cc1Cl)c1ccccc1. The van der Waals surface area contributed by atoms with E-state index >= 15 is 0 Å². The third-order valence-corrected chi connectivity index (χ3v) is 4.27. The topological polar surface area (TPSA) is 70.2 Å². The molecule has 3 N–H and O–H groups in total. The molecule has 2 aromatic carbocycles. The highest BCUT2D eigenvalue weighted by molar-refractivity contribution is 6.35. The fourth-order valence-electron chi connectivity index (χ4n) is 2.41. The van der Waals surface area contributed by atoms with E-state index in [1.807, 2.05) is 37.3 Å². The second kappa shape index (κ2) is 8.85. The molecular formula is C18H19Cl2N3O2. The van der Waals surface area contributed by atoms with Gasteiger partial charge in [0.2, 0.25) is 5.91 Å². The predicted molar refractivity (Wildman–Crippen MR) is 99.8 cm³/mol. The van der Waals surface area contributed by atoms with E-state index in [9.17, 15) is 9.59 Å². The Bertz CT molecular complexity index is 753. The van der Waals surface area contributed by atoms with Crippen molar-refractivity contribution in [2.45, 2.75) is 19.0 Å². The van der Waals surface area contributed by atoms with Crippen molar-refractivity contribution in [2.75, 3.05) is 7.05 Å². The number of benzene rings is 2.